The van der Waals surface area contributed by atoms with Gasteiger partial charge in [0.05, 0.1) is 13.2 Å². The molecule has 2 heterocycles. The molecule has 5 heteroatoms. The summed E-state index contributed by atoms with van der Waals surface area (Å²) in [5.74, 6) is 0.471. The van der Waals surface area contributed by atoms with Gasteiger partial charge in [-0.2, -0.15) is 0 Å². The Labute approximate surface area is 102 Å². The smallest absolute Gasteiger partial charge is 0.320 e. The average molecular weight is 242 g/mol. The van der Waals surface area contributed by atoms with Crippen LogP contribution >= 0.6 is 0 Å². The Bertz CT molecular complexity index is 252. The van der Waals surface area contributed by atoms with Gasteiger partial charge in [0.25, 0.3) is 0 Å². The summed E-state index contributed by atoms with van der Waals surface area (Å²) < 4.78 is 5.25. The Morgan fingerprint density at radius 1 is 1.24 bits per heavy atom. The van der Waals surface area contributed by atoms with Gasteiger partial charge >= 0.3 is 6.03 Å². The molecule has 1 N–H and O–H groups in total. The number of amides is 2. The Morgan fingerprint density at radius 3 is 2.71 bits per heavy atom. The summed E-state index contributed by atoms with van der Waals surface area (Å²) in [6.07, 6.45) is 3.00. The van der Waals surface area contributed by atoms with Crippen molar-refractivity contribution in [1.82, 2.24) is 9.80 Å². The molecule has 0 aliphatic carbocycles. The van der Waals surface area contributed by atoms with Gasteiger partial charge in [0.2, 0.25) is 0 Å². The fourth-order valence-electron chi connectivity index (χ4n) is 2.61. The first-order valence-corrected chi connectivity index (χ1v) is 6.53. The van der Waals surface area contributed by atoms with Crippen LogP contribution in [0.25, 0.3) is 0 Å². The predicted octanol–water partition coefficient (Wildman–Crippen LogP) is 0.533. The summed E-state index contributed by atoms with van der Waals surface area (Å²) >= 11 is 0. The van der Waals surface area contributed by atoms with Gasteiger partial charge in [0, 0.05) is 32.8 Å². The third kappa shape index (κ3) is 3.33. The fraction of sp³-hybridized carbons (Fsp3) is 0.917. The highest BCUT2D eigenvalue weighted by molar-refractivity contribution is 5.74. The number of carbonyl (C=O) groups excluding carboxylic acids is 1. The van der Waals surface area contributed by atoms with Crippen LogP contribution in [-0.4, -0.2) is 66.9 Å². The van der Waals surface area contributed by atoms with Gasteiger partial charge in [-0.1, -0.05) is 0 Å². The van der Waals surface area contributed by atoms with Gasteiger partial charge in [-0.15, -0.1) is 0 Å². The number of urea groups is 1. The van der Waals surface area contributed by atoms with Gasteiger partial charge in [0.1, 0.15) is 0 Å². The quantitative estimate of drug-likeness (QED) is 0.768. The van der Waals surface area contributed by atoms with Crippen LogP contribution in [0.3, 0.4) is 0 Å². The molecule has 0 bridgehead atoms. The van der Waals surface area contributed by atoms with E-state index in [0.717, 1.165) is 32.4 Å². The molecule has 0 saturated carbocycles. The molecule has 0 aromatic heterocycles. The van der Waals surface area contributed by atoms with Crippen molar-refractivity contribution in [2.45, 2.75) is 19.3 Å². The number of piperidine rings is 1. The van der Waals surface area contributed by atoms with E-state index >= 15 is 0 Å². The topological polar surface area (TPSA) is 53.0 Å². The van der Waals surface area contributed by atoms with E-state index in [1.165, 1.54) is 0 Å². The first-order valence-electron chi connectivity index (χ1n) is 6.53. The Morgan fingerprint density at radius 2 is 2.00 bits per heavy atom. The van der Waals surface area contributed by atoms with Crippen molar-refractivity contribution in [2.24, 2.45) is 5.92 Å². The van der Waals surface area contributed by atoms with E-state index < -0.39 is 0 Å². The maximum atomic E-state index is 12.2. The number of aliphatic hydroxyl groups is 1. The van der Waals surface area contributed by atoms with E-state index in [1.807, 2.05) is 9.80 Å². The number of hydrogen-bond donors (Lipinski definition) is 1. The van der Waals surface area contributed by atoms with Crippen LogP contribution in [-0.2, 0) is 4.74 Å². The number of aliphatic hydroxyl groups excluding tert-OH is 1. The van der Waals surface area contributed by atoms with Gasteiger partial charge < -0.3 is 19.6 Å². The van der Waals surface area contributed by atoms with Gasteiger partial charge in [-0.05, 0) is 25.2 Å². The second kappa shape index (κ2) is 6.21. The molecule has 0 aromatic carbocycles. The minimum atomic E-state index is 0.149. The highest BCUT2D eigenvalue weighted by Crippen LogP contribution is 2.20. The van der Waals surface area contributed by atoms with Crippen LogP contribution in [0.5, 0.6) is 0 Å². The van der Waals surface area contributed by atoms with Crippen molar-refractivity contribution >= 4 is 6.03 Å². The molecule has 0 spiro atoms. The van der Waals surface area contributed by atoms with Crippen LogP contribution in [0.2, 0.25) is 0 Å². The summed E-state index contributed by atoms with van der Waals surface area (Å²) in [6, 6.07) is 0.149. The number of rotatable bonds is 2. The lowest BCUT2D eigenvalue weighted by Crippen LogP contribution is -2.51. The molecular weight excluding hydrogens is 220 g/mol. The summed E-state index contributed by atoms with van der Waals surface area (Å²) in [7, 11) is 0. The zero-order valence-electron chi connectivity index (χ0n) is 10.3. The summed E-state index contributed by atoms with van der Waals surface area (Å²) in [4.78, 5) is 16.1. The first kappa shape index (κ1) is 12.6. The molecule has 0 radical (unpaired) electrons. The maximum Gasteiger partial charge on any atom is 0.320 e. The molecule has 1 atom stereocenters. The van der Waals surface area contributed by atoms with E-state index in [0.29, 0.717) is 32.2 Å². The summed E-state index contributed by atoms with van der Waals surface area (Å²) in [6.45, 7) is 4.61. The van der Waals surface area contributed by atoms with Crippen molar-refractivity contribution in [3.63, 3.8) is 0 Å². The zero-order valence-corrected chi connectivity index (χ0v) is 10.3. The molecule has 2 rings (SSSR count). The van der Waals surface area contributed by atoms with Crippen molar-refractivity contribution in [1.29, 1.82) is 0 Å². The van der Waals surface area contributed by atoms with Crippen LogP contribution < -0.4 is 0 Å². The second-order valence-electron chi connectivity index (χ2n) is 4.85. The zero-order chi connectivity index (χ0) is 12.1. The van der Waals surface area contributed by atoms with Gasteiger partial charge in [-0.25, -0.2) is 4.79 Å². The number of nitrogens with zero attached hydrogens (tertiary/aromatic N) is 2. The van der Waals surface area contributed by atoms with Crippen LogP contribution in [0, 0.1) is 5.92 Å². The highest BCUT2D eigenvalue weighted by atomic mass is 16.5. The van der Waals surface area contributed by atoms with E-state index in [9.17, 15) is 4.79 Å². The van der Waals surface area contributed by atoms with Crippen LogP contribution in [0.4, 0.5) is 4.79 Å². The molecule has 0 aromatic rings. The second-order valence-corrected chi connectivity index (χ2v) is 4.85. The molecule has 17 heavy (non-hydrogen) atoms. The van der Waals surface area contributed by atoms with Crippen molar-refractivity contribution in [3.8, 4) is 0 Å². The Balaban J connectivity index is 1.85. The van der Waals surface area contributed by atoms with E-state index in [1.54, 1.807) is 0 Å². The maximum absolute atomic E-state index is 12.2. The number of carbonyl (C=O) groups is 1. The van der Waals surface area contributed by atoms with Crippen LogP contribution in [0.15, 0.2) is 0 Å². The lowest BCUT2D eigenvalue weighted by molar-refractivity contribution is 0.0383. The number of likely N-dealkylation sites (tertiary alicyclic amines) is 1. The molecular formula is C12H22N2O3. The molecule has 2 fully saturated rings. The van der Waals surface area contributed by atoms with Gasteiger partial charge in [-0.3, -0.25) is 0 Å². The first-order chi connectivity index (χ1) is 8.31. The fourth-order valence-corrected chi connectivity index (χ4v) is 2.61. The SMILES string of the molecule is O=C(N1CCOCC1)N1CCCC(CCO)C1. The largest absolute Gasteiger partial charge is 0.396 e. The Kier molecular flexibility index (Phi) is 4.62. The van der Waals surface area contributed by atoms with Crippen molar-refractivity contribution < 1.29 is 14.6 Å². The minimum Gasteiger partial charge on any atom is -0.396 e. The Hall–Kier alpha value is -0.810. The molecule has 2 saturated heterocycles. The van der Waals surface area contributed by atoms with E-state index in [2.05, 4.69) is 0 Å². The lowest BCUT2D eigenvalue weighted by atomic mass is 9.95. The normalized spacial score (nSPS) is 26.1. The molecule has 98 valence electrons. The highest BCUT2D eigenvalue weighted by Gasteiger charge is 2.27. The number of ether oxygens (including phenoxy) is 1. The molecule has 2 aliphatic rings. The minimum absolute atomic E-state index is 0.149. The van der Waals surface area contributed by atoms with Gasteiger partial charge in [0.15, 0.2) is 0 Å². The average Bonchev–Trinajstić information content (AvgIpc) is 2.40. The summed E-state index contributed by atoms with van der Waals surface area (Å²) in [5, 5.41) is 8.96. The summed E-state index contributed by atoms with van der Waals surface area (Å²) in [5.41, 5.74) is 0. The van der Waals surface area contributed by atoms with E-state index in [4.69, 9.17) is 9.84 Å². The van der Waals surface area contributed by atoms with Crippen molar-refractivity contribution in [3.05, 3.63) is 0 Å². The molecule has 1 unspecified atom stereocenters. The molecule has 2 amide bonds. The van der Waals surface area contributed by atoms with Crippen LogP contribution in [0.1, 0.15) is 19.3 Å². The monoisotopic (exact) mass is 242 g/mol. The lowest BCUT2D eigenvalue weighted by Gasteiger charge is -2.37. The third-order valence-corrected chi connectivity index (χ3v) is 3.61. The number of hydrogen-bond acceptors (Lipinski definition) is 3. The van der Waals surface area contributed by atoms with E-state index in [-0.39, 0.29) is 12.6 Å². The molecule has 2 aliphatic heterocycles. The number of morpholine rings is 1. The third-order valence-electron chi connectivity index (χ3n) is 3.61. The van der Waals surface area contributed by atoms with Crippen molar-refractivity contribution in [2.75, 3.05) is 46.0 Å². The standard InChI is InChI=1S/C12H22N2O3/c15-7-3-11-2-1-4-14(10-11)12(16)13-5-8-17-9-6-13/h11,15H,1-10H2. The molecule has 5 nitrogen and oxygen atoms in total. The predicted molar refractivity (Wildman–Crippen MR) is 63.8 cm³/mol.